The van der Waals surface area contributed by atoms with Crippen LogP contribution in [0, 0.1) is 0 Å². The number of aliphatic hydroxyl groups is 1. The second-order valence-electron chi connectivity index (χ2n) is 4.14. The Labute approximate surface area is 105 Å². The van der Waals surface area contributed by atoms with Crippen molar-refractivity contribution in [3.63, 3.8) is 0 Å². The van der Waals surface area contributed by atoms with Crippen LogP contribution < -0.4 is 5.32 Å². The Balaban J connectivity index is 2.53. The summed E-state index contributed by atoms with van der Waals surface area (Å²) < 4.78 is 27.6. The maximum atomic E-state index is 11.7. The Morgan fingerprint density at radius 1 is 1.44 bits per heavy atom. The van der Waals surface area contributed by atoms with Crippen molar-refractivity contribution in [1.82, 2.24) is 5.32 Å². The molecule has 0 aliphatic carbocycles. The number of ether oxygens (including phenoxy) is 1. The Kier molecular flexibility index (Phi) is 5.09. The standard InChI is InChI=1S/C10H17NO6S/c1-17-10(14)7(12)6-11-9(13)8-4-2-3-5-18(8,15)16/h7-8,12H,2-6H2,1H3,(H,11,13). The zero-order valence-electron chi connectivity index (χ0n) is 10.1. The molecule has 0 aromatic carbocycles. The van der Waals surface area contributed by atoms with Gasteiger partial charge in [0.25, 0.3) is 0 Å². The van der Waals surface area contributed by atoms with Crippen LogP contribution in [0.25, 0.3) is 0 Å². The summed E-state index contributed by atoms with van der Waals surface area (Å²) in [6.45, 7) is -0.350. The lowest BCUT2D eigenvalue weighted by Crippen LogP contribution is -2.46. The van der Waals surface area contributed by atoms with Crippen LogP contribution in [0.3, 0.4) is 0 Å². The van der Waals surface area contributed by atoms with E-state index >= 15 is 0 Å². The van der Waals surface area contributed by atoms with Gasteiger partial charge in [0.1, 0.15) is 5.25 Å². The Morgan fingerprint density at radius 3 is 2.67 bits per heavy atom. The molecule has 104 valence electrons. The average Bonchev–Trinajstić information content (AvgIpc) is 2.33. The van der Waals surface area contributed by atoms with Crippen LogP contribution in [0.1, 0.15) is 19.3 Å². The summed E-state index contributed by atoms with van der Waals surface area (Å²) in [5, 5.41) is 10.4. The van der Waals surface area contributed by atoms with Crippen molar-refractivity contribution >= 4 is 21.7 Å². The highest BCUT2D eigenvalue weighted by atomic mass is 32.2. The van der Waals surface area contributed by atoms with Gasteiger partial charge in [0.2, 0.25) is 5.91 Å². The molecule has 1 heterocycles. The minimum absolute atomic E-state index is 0.00461. The van der Waals surface area contributed by atoms with Crippen molar-refractivity contribution in [3.05, 3.63) is 0 Å². The fourth-order valence-corrected chi connectivity index (χ4v) is 3.61. The molecule has 18 heavy (non-hydrogen) atoms. The zero-order valence-corrected chi connectivity index (χ0v) is 10.9. The maximum absolute atomic E-state index is 11.7. The Morgan fingerprint density at radius 2 is 2.11 bits per heavy atom. The summed E-state index contributed by atoms with van der Waals surface area (Å²) in [5.74, 6) is -1.54. The van der Waals surface area contributed by atoms with Crippen LogP contribution in [0.2, 0.25) is 0 Å². The quantitative estimate of drug-likeness (QED) is 0.613. The van der Waals surface area contributed by atoms with Gasteiger partial charge < -0.3 is 15.2 Å². The first-order chi connectivity index (χ1) is 8.38. The van der Waals surface area contributed by atoms with Crippen molar-refractivity contribution < 1.29 is 27.9 Å². The molecule has 1 saturated heterocycles. The molecule has 2 N–H and O–H groups in total. The minimum Gasteiger partial charge on any atom is -0.467 e. The highest BCUT2D eigenvalue weighted by Crippen LogP contribution is 2.19. The lowest BCUT2D eigenvalue weighted by atomic mass is 10.2. The van der Waals surface area contributed by atoms with Gasteiger partial charge in [0.15, 0.2) is 15.9 Å². The lowest BCUT2D eigenvalue weighted by Gasteiger charge is -2.21. The average molecular weight is 279 g/mol. The van der Waals surface area contributed by atoms with Crippen molar-refractivity contribution in [2.45, 2.75) is 30.6 Å². The first-order valence-corrected chi connectivity index (χ1v) is 7.35. The number of nitrogens with one attached hydrogen (secondary N) is 1. The molecule has 0 aromatic rings. The van der Waals surface area contributed by atoms with Gasteiger partial charge in [-0.05, 0) is 12.8 Å². The van der Waals surface area contributed by atoms with E-state index < -0.39 is 33.1 Å². The van der Waals surface area contributed by atoms with Crippen LogP contribution in [-0.4, -0.2) is 56.2 Å². The van der Waals surface area contributed by atoms with Crippen molar-refractivity contribution in [3.8, 4) is 0 Å². The van der Waals surface area contributed by atoms with E-state index in [0.29, 0.717) is 12.8 Å². The van der Waals surface area contributed by atoms with E-state index in [2.05, 4.69) is 10.1 Å². The molecule has 1 aliphatic heterocycles. The largest absolute Gasteiger partial charge is 0.467 e. The number of hydrogen-bond acceptors (Lipinski definition) is 6. The van der Waals surface area contributed by atoms with Gasteiger partial charge >= 0.3 is 5.97 Å². The molecule has 0 saturated carbocycles. The summed E-state index contributed by atoms with van der Waals surface area (Å²) in [6, 6.07) is 0. The molecule has 0 spiro atoms. The van der Waals surface area contributed by atoms with Gasteiger partial charge in [-0.3, -0.25) is 4.79 Å². The maximum Gasteiger partial charge on any atom is 0.336 e. The molecule has 0 radical (unpaired) electrons. The molecule has 1 rings (SSSR count). The van der Waals surface area contributed by atoms with E-state index in [9.17, 15) is 23.1 Å². The minimum atomic E-state index is -3.41. The number of amides is 1. The number of rotatable bonds is 4. The number of esters is 1. The van der Waals surface area contributed by atoms with E-state index in [1.54, 1.807) is 0 Å². The SMILES string of the molecule is COC(=O)C(O)CNC(=O)C1CCCCS1(=O)=O. The molecule has 1 amide bonds. The van der Waals surface area contributed by atoms with Crippen LogP contribution in [0.4, 0.5) is 0 Å². The number of hydrogen-bond donors (Lipinski definition) is 2. The lowest BCUT2D eigenvalue weighted by molar-refractivity contribution is -0.150. The summed E-state index contributed by atoms with van der Waals surface area (Å²) >= 11 is 0. The molecular weight excluding hydrogens is 262 g/mol. The van der Waals surface area contributed by atoms with E-state index in [0.717, 1.165) is 7.11 Å². The van der Waals surface area contributed by atoms with Crippen molar-refractivity contribution in [2.75, 3.05) is 19.4 Å². The molecule has 8 heteroatoms. The monoisotopic (exact) mass is 279 g/mol. The summed E-state index contributed by atoms with van der Waals surface area (Å²) in [5.41, 5.74) is 0. The molecule has 1 fully saturated rings. The highest BCUT2D eigenvalue weighted by molar-refractivity contribution is 7.92. The fourth-order valence-electron chi connectivity index (χ4n) is 1.78. The van der Waals surface area contributed by atoms with Gasteiger partial charge in [-0.15, -0.1) is 0 Å². The predicted octanol–water partition coefficient (Wildman–Crippen LogP) is -1.40. The predicted molar refractivity (Wildman–Crippen MR) is 62.5 cm³/mol. The van der Waals surface area contributed by atoms with E-state index in [1.165, 1.54) is 0 Å². The van der Waals surface area contributed by atoms with E-state index in [-0.39, 0.29) is 18.7 Å². The smallest absolute Gasteiger partial charge is 0.336 e. The van der Waals surface area contributed by atoms with Crippen LogP contribution >= 0.6 is 0 Å². The second-order valence-corrected chi connectivity index (χ2v) is 6.44. The molecule has 2 atom stereocenters. The molecule has 2 unspecified atom stereocenters. The summed E-state index contributed by atoms with van der Waals surface area (Å²) in [6.07, 6.45) is 0.0428. The normalized spacial score (nSPS) is 24.0. The van der Waals surface area contributed by atoms with Crippen molar-refractivity contribution in [2.24, 2.45) is 0 Å². The molecule has 0 aromatic heterocycles. The summed E-state index contributed by atoms with van der Waals surface area (Å²) in [7, 11) is -2.30. The second kappa shape index (κ2) is 6.14. The first-order valence-electron chi connectivity index (χ1n) is 5.63. The van der Waals surface area contributed by atoms with Gasteiger partial charge in [0, 0.05) is 0 Å². The first kappa shape index (κ1) is 14.9. The third-order valence-electron chi connectivity index (χ3n) is 2.81. The van der Waals surface area contributed by atoms with Crippen LogP contribution in [0.15, 0.2) is 0 Å². The van der Waals surface area contributed by atoms with Gasteiger partial charge in [0.05, 0.1) is 19.4 Å². The molecular formula is C10H17NO6S. The highest BCUT2D eigenvalue weighted by Gasteiger charge is 2.35. The van der Waals surface area contributed by atoms with Crippen LogP contribution in [0.5, 0.6) is 0 Å². The van der Waals surface area contributed by atoms with Crippen molar-refractivity contribution in [1.29, 1.82) is 0 Å². The van der Waals surface area contributed by atoms with Gasteiger partial charge in [-0.25, -0.2) is 13.2 Å². The van der Waals surface area contributed by atoms with Gasteiger partial charge in [-0.2, -0.15) is 0 Å². The molecule has 7 nitrogen and oxygen atoms in total. The number of sulfone groups is 1. The Hall–Kier alpha value is -1.15. The van der Waals surface area contributed by atoms with E-state index in [1.807, 2.05) is 0 Å². The Bertz CT molecular complexity index is 418. The number of methoxy groups -OCH3 is 1. The third kappa shape index (κ3) is 3.67. The third-order valence-corrected chi connectivity index (χ3v) is 4.99. The fraction of sp³-hybridized carbons (Fsp3) is 0.800. The molecule has 1 aliphatic rings. The van der Waals surface area contributed by atoms with Gasteiger partial charge in [-0.1, -0.05) is 6.42 Å². The molecule has 0 bridgehead atoms. The topological polar surface area (TPSA) is 110 Å². The number of aliphatic hydroxyl groups excluding tert-OH is 1. The van der Waals surface area contributed by atoms with Crippen LogP contribution in [-0.2, 0) is 24.2 Å². The zero-order chi connectivity index (χ0) is 13.8. The van der Waals surface area contributed by atoms with E-state index in [4.69, 9.17) is 0 Å². The summed E-state index contributed by atoms with van der Waals surface area (Å²) in [4.78, 5) is 22.6. The number of carbonyl (C=O) groups excluding carboxylic acids is 2. The number of carbonyl (C=O) groups is 2.